The summed E-state index contributed by atoms with van der Waals surface area (Å²) in [6.07, 6.45) is 5.02. The lowest BCUT2D eigenvalue weighted by molar-refractivity contribution is 0.572. The van der Waals surface area contributed by atoms with Crippen LogP contribution in [0.4, 0.5) is 0 Å². The number of fused-ring (bicyclic) bond motifs is 1. The van der Waals surface area contributed by atoms with Crippen LogP contribution in [0.2, 0.25) is 0 Å². The van der Waals surface area contributed by atoms with Crippen molar-refractivity contribution in [1.82, 2.24) is 14.5 Å². The lowest BCUT2D eigenvalue weighted by Gasteiger charge is -2.10. The van der Waals surface area contributed by atoms with E-state index in [1.807, 2.05) is 18.5 Å². The summed E-state index contributed by atoms with van der Waals surface area (Å²) in [6.45, 7) is 2.14. The zero-order valence-corrected chi connectivity index (χ0v) is 14.8. The summed E-state index contributed by atoms with van der Waals surface area (Å²) < 4.78 is 7.50. The standard InChI is InChI=1S/C23H17N3O/c1-16-5-2-3-8-20(16)17-6-4-7-19(11-17)26-14-25-21-12-18(9-10-22(21)26)23-13-24-15-27-23/h2-15H,1H3. The van der Waals surface area contributed by atoms with Crippen LogP contribution in [0, 0.1) is 6.92 Å². The van der Waals surface area contributed by atoms with Gasteiger partial charge in [0.05, 0.1) is 17.2 Å². The van der Waals surface area contributed by atoms with E-state index in [2.05, 4.69) is 76.1 Å². The second-order valence-corrected chi connectivity index (χ2v) is 6.55. The number of aromatic nitrogens is 3. The van der Waals surface area contributed by atoms with Gasteiger partial charge in [0.1, 0.15) is 6.33 Å². The molecule has 4 heteroatoms. The van der Waals surface area contributed by atoms with Crippen LogP contribution in [0.1, 0.15) is 5.56 Å². The Morgan fingerprint density at radius 1 is 0.889 bits per heavy atom. The van der Waals surface area contributed by atoms with Gasteiger partial charge in [-0.25, -0.2) is 9.97 Å². The van der Waals surface area contributed by atoms with E-state index in [0.717, 1.165) is 28.0 Å². The number of rotatable bonds is 3. The van der Waals surface area contributed by atoms with Crippen LogP contribution in [0.15, 0.2) is 90.1 Å². The van der Waals surface area contributed by atoms with Gasteiger partial charge in [-0.2, -0.15) is 0 Å². The van der Waals surface area contributed by atoms with Crippen molar-refractivity contribution in [3.8, 4) is 28.1 Å². The van der Waals surface area contributed by atoms with Gasteiger partial charge in [-0.3, -0.25) is 4.57 Å². The number of hydrogen-bond acceptors (Lipinski definition) is 3. The van der Waals surface area contributed by atoms with Gasteiger partial charge >= 0.3 is 0 Å². The van der Waals surface area contributed by atoms with Crippen LogP contribution < -0.4 is 0 Å². The largest absolute Gasteiger partial charge is 0.444 e. The molecule has 0 saturated heterocycles. The zero-order chi connectivity index (χ0) is 18.2. The van der Waals surface area contributed by atoms with Crippen molar-refractivity contribution in [1.29, 1.82) is 0 Å². The van der Waals surface area contributed by atoms with Gasteiger partial charge < -0.3 is 4.42 Å². The maximum Gasteiger partial charge on any atom is 0.181 e. The average molecular weight is 351 g/mol. The van der Waals surface area contributed by atoms with Gasteiger partial charge in [0.15, 0.2) is 12.2 Å². The van der Waals surface area contributed by atoms with Crippen molar-refractivity contribution in [3.63, 3.8) is 0 Å². The van der Waals surface area contributed by atoms with E-state index >= 15 is 0 Å². The number of oxazole rings is 1. The second-order valence-electron chi connectivity index (χ2n) is 6.55. The average Bonchev–Trinajstić information content (AvgIpc) is 3.38. The predicted molar refractivity (Wildman–Crippen MR) is 107 cm³/mol. The van der Waals surface area contributed by atoms with E-state index < -0.39 is 0 Å². The molecule has 2 aromatic heterocycles. The van der Waals surface area contributed by atoms with Crippen LogP contribution >= 0.6 is 0 Å². The first-order chi connectivity index (χ1) is 13.3. The van der Waals surface area contributed by atoms with Crippen molar-refractivity contribution in [2.45, 2.75) is 6.92 Å². The van der Waals surface area contributed by atoms with Gasteiger partial charge in [-0.1, -0.05) is 36.4 Å². The van der Waals surface area contributed by atoms with Crippen LogP contribution in [-0.4, -0.2) is 14.5 Å². The van der Waals surface area contributed by atoms with Gasteiger partial charge in [0.25, 0.3) is 0 Å². The number of benzene rings is 3. The molecule has 0 saturated carbocycles. The van der Waals surface area contributed by atoms with Crippen molar-refractivity contribution in [2.24, 2.45) is 0 Å². The Morgan fingerprint density at radius 2 is 1.81 bits per heavy atom. The molecule has 5 rings (SSSR count). The summed E-state index contributed by atoms with van der Waals surface area (Å²) >= 11 is 0. The normalized spacial score (nSPS) is 11.1. The van der Waals surface area contributed by atoms with Gasteiger partial charge in [0.2, 0.25) is 0 Å². The molecular weight excluding hydrogens is 334 g/mol. The Hall–Kier alpha value is -3.66. The molecule has 2 heterocycles. The van der Waals surface area contributed by atoms with E-state index in [1.165, 1.54) is 23.1 Å². The fourth-order valence-electron chi connectivity index (χ4n) is 3.45. The van der Waals surface area contributed by atoms with E-state index in [0.29, 0.717) is 0 Å². The fraction of sp³-hybridized carbons (Fsp3) is 0.0435. The summed E-state index contributed by atoms with van der Waals surface area (Å²) in [5, 5.41) is 0. The molecule has 0 aliphatic rings. The highest BCUT2D eigenvalue weighted by Gasteiger charge is 2.09. The maximum absolute atomic E-state index is 5.39. The van der Waals surface area contributed by atoms with Crippen molar-refractivity contribution in [3.05, 3.63) is 91.2 Å². The fourth-order valence-corrected chi connectivity index (χ4v) is 3.45. The van der Waals surface area contributed by atoms with Crippen LogP contribution in [0.25, 0.3) is 39.2 Å². The van der Waals surface area contributed by atoms with Crippen molar-refractivity contribution < 1.29 is 4.42 Å². The Labute approximate surface area is 156 Å². The summed E-state index contributed by atoms with van der Waals surface area (Å²) in [5.74, 6) is 0.744. The SMILES string of the molecule is Cc1ccccc1-c1cccc(-n2cnc3cc(-c4cnco4)ccc32)c1. The van der Waals surface area contributed by atoms with Crippen molar-refractivity contribution in [2.75, 3.05) is 0 Å². The van der Waals surface area contributed by atoms with Gasteiger partial charge in [0, 0.05) is 11.3 Å². The van der Waals surface area contributed by atoms with E-state index in [4.69, 9.17) is 4.42 Å². The first-order valence-corrected chi connectivity index (χ1v) is 8.82. The summed E-state index contributed by atoms with van der Waals surface area (Å²) in [6, 6.07) is 23.1. The van der Waals surface area contributed by atoms with Crippen LogP contribution in [0.3, 0.4) is 0 Å². The molecule has 0 bridgehead atoms. The number of aryl methyl sites for hydroxylation is 1. The molecule has 0 amide bonds. The Morgan fingerprint density at radius 3 is 2.67 bits per heavy atom. The van der Waals surface area contributed by atoms with E-state index in [1.54, 1.807) is 6.20 Å². The molecule has 0 N–H and O–H groups in total. The summed E-state index contributed by atoms with van der Waals surface area (Å²) in [4.78, 5) is 8.57. The minimum atomic E-state index is 0.744. The molecule has 27 heavy (non-hydrogen) atoms. The molecule has 0 fully saturated rings. The monoisotopic (exact) mass is 351 g/mol. The maximum atomic E-state index is 5.39. The third-order valence-electron chi connectivity index (χ3n) is 4.84. The van der Waals surface area contributed by atoms with Gasteiger partial charge in [-0.05, 0) is 53.9 Å². The molecule has 5 aromatic rings. The second kappa shape index (κ2) is 6.25. The summed E-state index contributed by atoms with van der Waals surface area (Å²) in [7, 11) is 0. The molecule has 0 aliphatic heterocycles. The third kappa shape index (κ3) is 2.72. The highest BCUT2D eigenvalue weighted by molar-refractivity contribution is 5.82. The Balaban J connectivity index is 1.60. The molecule has 130 valence electrons. The summed E-state index contributed by atoms with van der Waals surface area (Å²) in [5.41, 5.74) is 7.75. The quantitative estimate of drug-likeness (QED) is 0.421. The minimum absolute atomic E-state index is 0.744. The smallest absolute Gasteiger partial charge is 0.181 e. The molecule has 0 spiro atoms. The number of imidazole rings is 1. The first kappa shape index (κ1) is 15.6. The molecule has 0 atom stereocenters. The van der Waals surface area contributed by atoms with Crippen LogP contribution in [-0.2, 0) is 0 Å². The third-order valence-corrected chi connectivity index (χ3v) is 4.84. The molecule has 0 aliphatic carbocycles. The highest BCUT2D eigenvalue weighted by Crippen LogP contribution is 2.28. The van der Waals surface area contributed by atoms with Crippen LogP contribution in [0.5, 0.6) is 0 Å². The van der Waals surface area contributed by atoms with Crippen molar-refractivity contribution >= 4 is 11.0 Å². The number of nitrogens with zero attached hydrogens (tertiary/aromatic N) is 3. The minimum Gasteiger partial charge on any atom is -0.444 e. The van der Waals surface area contributed by atoms with Gasteiger partial charge in [-0.15, -0.1) is 0 Å². The Kier molecular flexibility index (Phi) is 3.61. The Bertz CT molecular complexity index is 1240. The molecule has 0 unspecified atom stereocenters. The number of hydrogen-bond donors (Lipinski definition) is 0. The molecule has 3 aromatic carbocycles. The molecule has 0 radical (unpaired) electrons. The lowest BCUT2D eigenvalue weighted by atomic mass is 10.0. The van der Waals surface area contributed by atoms with E-state index in [-0.39, 0.29) is 0 Å². The highest BCUT2D eigenvalue weighted by atomic mass is 16.3. The van der Waals surface area contributed by atoms with E-state index in [9.17, 15) is 0 Å². The topological polar surface area (TPSA) is 43.9 Å². The molecular formula is C23H17N3O. The lowest BCUT2D eigenvalue weighted by Crippen LogP contribution is -1.93. The zero-order valence-electron chi connectivity index (χ0n) is 14.8. The predicted octanol–water partition coefficient (Wildman–Crippen LogP) is 5.66. The molecule has 4 nitrogen and oxygen atoms in total. The first-order valence-electron chi connectivity index (χ1n) is 8.82.